The highest BCUT2D eigenvalue weighted by Gasteiger charge is 2.52. The molecule has 2 amide bonds. The summed E-state index contributed by atoms with van der Waals surface area (Å²) in [5.41, 5.74) is 1.31. The van der Waals surface area contributed by atoms with Crippen molar-refractivity contribution in [2.75, 3.05) is 4.90 Å². The third-order valence-corrected chi connectivity index (χ3v) is 4.66. The summed E-state index contributed by atoms with van der Waals surface area (Å²) in [6, 6.07) is 7.02. The molecule has 2 aliphatic rings. The lowest BCUT2D eigenvalue weighted by molar-refractivity contribution is -0.123. The van der Waals surface area contributed by atoms with Crippen molar-refractivity contribution in [3.8, 4) is 0 Å². The van der Waals surface area contributed by atoms with E-state index in [4.69, 9.17) is 0 Å². The van der Waals surface area contributed by atoms with Crippen molar-refractivity contribution in [2.24, 2.45) is 17.8 Å². The van der Waals surface area contributed by atoms with Crippen molar-refractivity contribution in [2.45, 2.75) is 32.8 Å². The van der Waals surface area contributed by atoms with E-state index in [2.05, 4.69) is 6.92 Å². The maximum atomic E-state index is 12.5. The fourth-order valence-corrected chi connectivity index (χ4v) is 3.51. The van der Waals surface area contributed by atoms with E-state index in [1.807, 2.05) is 0 Å². The number of nitrogens with zero attached hydrogens (tertiary/aromatic N) is 1. The van der Waals surface area contributed by atoms with Crippen molar-refractivity contribution < 1.29 is 14.7 Å². The summed E-state index contributed by atoms with van der Waals surface area (Å²) in [6.45, 7) is 2.03. The quantitative estimate of drug-likeness (QED) is 0.858. The number of hydrogen-bond donors (Lipinski definition) is 1. The van der Waals surface area contributed by atoms with E-state index in [9.17, 15) is 14.7 Å². The number of rotatable bonds is 3. The maximum Gasteiger partial charge on any atom is 0.237 e. The lowest BCUT2D eigenvalue weighted by atomic mass is 10.00. The van der Waals surface area contributed by atoms with E-state index >= 15 is 0 Å². The molecule has 0 bridgehead atoms. The average molecular weight is 273 g/mol. The van der Waals surface area contributed by atoms with Crippen molar-refractivity contribution in [3.05, 3.63) is 29.8 Å². The normalized spacial score (nSPS) is 29.1. The highest BCUT2D eigenvalue weighted by atomic mass is 16.3. The molecule has 1 aliphatic heterocycles. The zero-order chi connectivity index (χ0) is 14.3. The van der Waals surface area contributed by atoms with Crippen LogP contribution in [-0.2, 0) is 16.2 Å². The molecule has 1 heterocycles. The van der Waals surface area contributed by atoms with Crippen molar-refractivity contribution >= 4 is 17.5 Å². The third-order valence-electron chi connectivity index (χ3n) is 4.66. The number of aliphatic hydroxyl groups excluding tert-OH is 1. The predicted molar refractivity (Wildman–Crippen MR) is 74.9 cm³/mol. The van der Waals surface area contributed by atoms with Gasteiger partial charge in [0.2, 0.25) is 11.8 Å². The van der Waals surface area contributed by atoms with Crippen LogP contribution in [0.3, 0.4) is 0 Å². The number of imide groups is 1. The standard InChI is InChI=1S/C16H19NO3/c1-2-10-7-13-14(8-10)16(20)17(15(13)19)12-5-3-4-11(6-12)9-18/h3-6,10,13-14,18H,2,7-9H2,1H3. The van der Waals surface area contributed by atoms with Gasteiger partial charge >= 0.3 is 0 Å². The molecule has 2 atom stereocenters. The molecule has 20 heavy (non-hydrogen) atoms. The number of carbonyl (C=O) groups excluding carboxylic acids is 2. The second kappa shape index (κ2) is 5.02. The SMILES string of the molecule is CCC1CC2C(=O)N(c3cccc(CO)c3)C(=O)C2C1. The first kappa shape index (κ1) is 13.3. The van der Waals surface area contributed by atoms with Gasteiger partial charge in [0.25, 0.3) is 0 Å². The molecule has 1 aromatic rings. The van der Waals surface area contributed by atoms with Gasteiger partial charge in [0.15, 0.2) is 0 Å². The summed E-state index contributed by atoms with van der Waals surface area (Å²) in [5.74, 6) is 0.108. The number of amides is 2. The van der Waals surface area contributed by atoms with Gasteiger partial charge in [-0.15, -0.1) is 0 Å². The Balaban J connectivity index is 1.89. The van der Waals surface area contributed by atoms with Crippen LogP contribution in [0, 0.1) is 17.8 Å². The topological polar surface area (TPSA) is 57.6 Å². The lowest BCUT2D eigenvalue weighted by Crippen LogP contribution is -2.32. The zero-order valence-electron chi connectivity index (χ0n) is 11.6. The lowest BCUT2D eigenvalue weighted by Gasteiger charge is -2.18. The number of carbonyl (C=O) groups is 2. The Morgan fingerprint density at radius 2 is 1.85 bits per heavy atom. The summed E-state index contributed by atoms with van der Waals surface area (Å²) in [6.07, 6.45) is 2.71. The van der Waals surface area contributed by atoms with Crippen LogP contribution in [0.25, 0.3) is 0 Å². The van der Waals surface area contributed by atoms with Crippen LogP contribution >= 0.6 is 0 Å². The Morgan fingerprint density at radius 3 is 2.40 bits per heavy atom. The van der Waals surface area contributed by atoms with E-state index < -0.39 is 0 Å². The van der Waals surface area contributed by atoms with Crippen LogP contribution in [-0.4, -0.2) is 16.9 Å². The van der Waals surface area contributed by atoms with Gasteiger partial charge in [0.05, 0.1) is 24.1 Å². The first-order valence-corrected chi connectivity index (χ1v) is 7.23. The summed E-state index contributed by atoms with van der Waals surface area (Å²) < 4.78 is 0. The van der Waals surface area contributed by atoms with Crippen LogP contribution in [0.2, 0.25) is 0 Å². The van der Waals surface area contributed by atoms with E-state index in [1.54, 1.807) is 24.3 Å². The van der Waals surface area contributed by atoms with E-state index in [1.165, 1.54) is 4.90 Å². The zero-order valence-corrected chi connectivity index (χ0v) is 11.6. The minimum Gasteiger partial charge on any atom is -0.392 e. The third kappa shape index (κ3) is 1.95. The molecule has 0 aromatic heterocycles. The number of aliphatic hydroxyl groups is 1. The molecule has 1 aromatic carbocycles. The van der Waals surface area contributed by atoms with Crippen molar-refractivity contribution in [3.63, 3.8) is 0 Å². The van der Waals surface area contributed by atoms with Gasteiger partial charge in [0.1, 0.15) is 0 Å². The Bertz CT molecular complexity index is 530. The van der Waals surface area contributed by atoms with E-state index in [0.717, 1.165) is 19.3 Å². The van der Waals surface area contributed by atoms with Crippen LogP contribution in [0.15, 0.2) is 24.3 Å². The molecule has 4 nitrogen and oxygen atoms in total. The number of fused-ring (bicyclic) bond motifs is 1. The molecular formula is C16H19NO3. The first-order chi connectivity index (χ1) is 9.65. The molecule has 1 saturated carbocycles. The summed E-state index contributed by atoms with van der Waals surface area (Å²) >= 11 is 0. The Labute approximate surface area is 118 Å². The molecule has 0 spiro atoms. The molecule has 2 fully saturated rings. The molecule has 3 rings (SSSR count). The van der Waals surface area contributed by atoms with Gasteiger partial charge in [-0.25, -0.2) is 0 Å². The number of benzene rings is 1. The number of hydrogen-bond acceptors (Lipinski definition) is 3. The molecule has 1 saturated heterocycles. The first-order valence-electron chi connectivity index (χ1n) is 7.23. The molecular weight excluding hydrogens is 254 g/mol. The summed E-state index contributed by atoms with van der Waals surface area (Å²) in [4.78, 5) is 26.3. The van der Waals surface area contributed by atoms with Crippen LogP contribution in [0.5, 0.6) is 0 Å². The van der Waals surface area contributed by atoms with Gasteiger partial charge < -0.3 is 5.11 Å². The number of anilines is 1. The highest BCUT2D eigenvalue weighted by Crippen LogP contribution is 2.45. The molecule has 106 valence electrons. The van der Waals surface area contributed by atoms with Gasteiger partial charge in [-0.1, -0.05) is 25.5 Å². The minimum atomic E-state index is -0.134. The fourth-order valence-electron chi connectivity index (χ4n) is 3.51. The second-order valence-corrected chi connectivity index (χ2v) is 5.80. The minimum absolute atomic E-state index is 0.0639. The molecule has 2 unspecified atom stereocenters. The van der Waals surface area contributed by atoms with Gasteiger partial charge in [0, 0.05) is 0 Å². The van der Waals surface area contributed by atoms with Crippen LogP contribution < -0.4 is 4.90 Å². The smallest absolute Gasteiger partial charge is 0.237 e. The molecule has 0 radical (unpaired) electrons. The van der Waals surface area contributed by atoms with Crippen LogP contribution in [0.4, 0.5) is 5.69 Å². The average Bonchev–Trinajstić information content (AvgIpc) is 3.00. The summed E-state index contributed by atoms with van der Waals surface area (Å²) in [5, 5.41) is 9.18. The molecule has 4 heteroatoms. The van der Waals surface area contributed by atoms with E-state index in [-0.39, 0.29) is 30.3 Å². The second-order valence-electron chi connectivity index (χ2n) is 5.80. The van der Waals surface area contributed by atoms with E-state index in [0.29, 0.717) is 17.2 Å². The monoisotopic (exact) mass is 273 g/mol. The van der Waals surface area contributed by atoms with Crippen LogP contribution in [0.1, 0.15) is 31.7 Å². The van der Waals surface area contributed by atoms with Crippen molar-refractivity contribution in [1.82, 2.24) is 0 Å². The summed E-state index contributed by atoms with van der Waals surface area (Å²) in [7, 11) is 0. The maximum absolute atomic E-state index is 12.5. The Morgan fingerprint density at radius 1 is 1.20 bits per heavy atom. The molecule has 1 N–H and O–H groups in total. The molecule has 1 aliphatic carbocycles. The van der Waals surface area contributed by atoms with Gasteiger partial charge in [-0.2, -0.15) is 0 Å². The Hall–Kier alpha value is -1.68. The van der Waals surface area contributed by atoms with Gasteiger partial charge in [-0.05, 0) is 36.5 Å². The predicted octanol–water partition coefficient (Wildman–Crippen LogP) is 2.10. The fraction of sp³-hybridized carbons (Fsp3) is 0.500. The van der Waals surface area contributed by atoms with Crippen molar-refractivity contribution in [1.29, 1.82) is 0 Å². The Kier molecular flexibility index (Phi) is 3.34. The highest BCUT2D eigenvalue weighted by molar-refractivity contribution is 6.22. The largest absolute Gasteiger partial charge is 0.392 e. The van der Waals surface area contributed by atoms with Gasteiger partial charge in [-0.3, -0.25) is 14.5 Å².